The molecule has 6 nitrogen and oxygen atoms in total. The highest BCUT2D eigenvalue weighted by molar-refractivity contribution is 7.89. The van der Waals surface area contributed by atoms with Crippen LogP contribution in [0.2, 0.25) is 5.02 Å². The number of carbonyl (C=O) groups is 1. The molecule has 0 aromatic heterocycles. The molecule has 27 heavy (non-hydrogen) atoms. The van der Waals surface area contributed by atoms with Gasteiger partial charge in [0, 0.05) is 25.2 Å². The zero-order chi connectivity index (χ0) is 20.2. The molecule has 0 atom stereocenters. The molecular weight excluding hydrogens is 388 g/mol. The summed E-state index contributed by atoms with van der Waals surface area (Å²) in [6.07, 6.45) is 1.40. The van der Waals surface area contributed by atoms with Crippen LogP contribution in [0, 0.1) is 0 Å². The summed E-state index contributed by atoms with van der Waals surface area (Å²) in [7, 11) is 0.678. The van der Waals surface area contributed by atoms with Crippen molar-refractivity contribution in [3.63, 3.8) is 0 Å². The van der Waals surface area contributed by atoms with Crippen LogP contribution in [0.25, 0.3) is 5.57 Å². The van der Waals surface area contributed by atoms with E-state index in [1.54, 1.807) is 19.1 Å². The molecule has 8 heteroatoms. The Balaban J connectivity index is 2.34. The van der Waals surface area contributed by atoms with Crippen LogP contribution in [0.4, 0.5) is 5.69 Å². The van der Waals surface area contributed by atoms with Gasteiger partial charge < -0.3 is 10.1 Å². The fourth-order valence-corrected chi connectivity index (χ4v) is 3.59. The van der Waals surface area contributed by atoms with Crippen molar-refractivity contribution in [1.29, 1.82) is 0 Å². The highest BCUT2D eigenvalue weighted by Gasteiger charge is 2.19. The summed E-state index contributed by atoms with van der Waals surface area (Å²) in [5, 5.41) is 3.20. The first-order chi connectivity index (χ1) is 12.7. The zero-order valence-electron chi connectivity index (χ0n) is 15.5. The van der Waals surface area contributed by atoms with Crippen molar-refractivity contribution in [2.45, 2.75) is 11.8 Å². The van der Waals surface area contributed by atoms with E-state index in [1.165, 1.54) is 45.5 Å². The molecule has 2 rings (SSSR count). The van der Waals surface area contributed by atoms with E-state index in [0.717, 1.165) is 9.87 Å². The van der Waals surface area contributed by atoms with Crippen LogP contribution in [0.1, 0.15) is 12.5 Å². The van der Waals surface area contributed by atoms with Gasteiger partial charge >= 0.3 is 0 Å². The van der Waals surface area contributed by atoms with Crippen LogP contribution < -0.4 is 10.1 Å². The van der Waals surface area contributed by atoms with E-state index in [9.17, 15) is 13.2 Å². The van der Waals surface area contributed by atoms with Crippen LogP contribution in [0.3, 0.4) is 0 Å². The Morgan fingerprint density at radius 2 is 1.85 bits per heavy atom. The van der Waals surface area contributed by atoms with Crippen molar-refractivity contribution < 1.29 is 17.9 Å². The Kier molecular flexibility index (Phi) is 6.64. The summed E-state index contributed by atoms with van der Waals surface area (Å²) in [5.41, 5.74) is 1.67. The van der Waals surface area contributed by atoms with Crippen LogP contribution >= 0.6 is 11.6 Å². The van der Waals surface area contributed by atoms with Crippen LogP contribution in [-0.4, -0.2) is 39.8 Å². The molecule has 0 aliphatic rings. The van der Waals surface area contributed by atoms with Gasteiger partial charge in [-0.1, -0.05) is 29.8 Å². The second kappa shape index (κ2) is 8.56. The van der Waals surface area contributed by atoms with E-state index in [4.69, 9.17) is 16.3 Å². The van der Waals surface area contributed by atoms with Gasteiger partial charge in [0.15, 0.2) is 0 Å². The summed E-state index contributed by atoms with van der Waals surface area (Å²) in [5.74, 6) is -0.0741. The monoisotopic (exact) mass is 408 g/mol. The summed E-state index contributed by atoms with van der Waals surface area (Å²) in [6.45, 7) is 1.77. The second-order valence-corrected chi connectivity index (χ2v) is 8.50. The van der Waals surface area contributed by atoms with Gasteiger partial charge in [-0.25, -0.2) is 12.7 Å². The van der Waals surface area contributed by atoms with Crippen molar-refractivity contribution in [2.24, 2.45) is 0 Å². The van der Waals surface area contributed by atoms with Crippen molar-refractivity contribution in [3.8, 4) is 5.75 Å². The van der Waals surface area contributed by atoms with Gasteiger partial charge in [-0.3, -0.25) is 4.79 Å². The maximum atomic E-state index is 12.4. The largest absolute Gasteiger partial charge is 0.495 e. The summed E-state index contributed by atoms with van der Waals surface area (Å²) < 4.78 is 30.9. The van der Waals surface area contributed by atoms with Gasteiger partial charge in [-0.15, -0.1) is 0 Å². The Bertz CT molecular complexity index is 985. The van der Waals surface area contributed by atoms with Gasteiger partial charge in [0.1, 0.15) is 5.75 Å². The Hall–Kier alpha value is -2.35. The highest BCUT2D eigenvalue weighted by atomic mass is 35.5. The van der Waals surface area contributed by atoms with Gasteiger partial charge in [0.25, 0.3) is 0 Å². The summed E-state index contributed by atoms with van der Waals surface area (Å²) in [6, 6.07) is 11.5. The number of benzene rings is 2. The lowest BCUT2D eigenvalue weighted by Gasteiger charge is -2.15. The Morgan fingerprint density at radius 1 is 1.19 bits per heavy atom. The quantitative estimate of drug-likeness (QED) is 0.740. The van der Waals surface area contributed by atoms with Gasteiger partial charge in [-0.05, 0) is 42.3 Å². The van der Waals surface area contributed by atoms with Crippen molar-refractivity contribution in [1.82, 2.24) is 4.31 Å². The number of rotatable bonds is 6. The van der Waals surface area contributed by atoms with Gasteiger partial charge in [-0.2, -0.15) is 0 Å². The highest BCUT2D eigenvalue weighted by Crippen LogP contribution is 2.29. The summed E-state index contributed by atoms with van der Waals surface area (Å²) >= 11 is 6.15. The molecule has 0 saturated heterocycles. The van der Waals surface area contributed by atoms with E-state index in [0.29, 0.717) is 16.3 Å². The third kappa shape index (κ3) is 4.88. The van der Waals surface area contributed by atoms with E-state index in [1.807, 2.05) is 12.1 Å². The molecule has 2 aromatic carbocycles. The van der Waals surface area contributed by atoms with E-state index >= 15 is 0 Å². The fourth-order valence-electron chi connectivity index (χ4n) is 2.38. The van der Waals surface area contributed by atoms with E-state index in [-0.39, 0.29) is 10.6 Å². The molecule has 1 amide bonds. The number of halogens is 1. The SMILES string of the molecule is COc1ccc(S(=O)(=O)N(C)C)cc1NC(=O)/C=C(/C)c1ccccc1Cl. The first-order valence-corrected chi connectivity index (χ1v) is 9.83. The maximum Gasteiger partial charge on any atom is 0.248 e. The normalized spacial score (nSPS) is 12.1. The predicted octanol–water partition coefficient (Wildman–Crippen LogP) is 3.64. The number of hydrogen-bond acceptors (Lipinski definition) is 4. The van der Waals surface area contributed by atoms with Crippen molar-refractivity contribution in [2.75, 3.05) is 26.5 Å². The standard InChI is InChI=1S/C19H21ClN2O4S/c1-13(15-7-5-6-8-16(15)20)11-19(23)21-17-12-14(9-10-18(17)26-4)27(24,25)22(2)3/h5-12H,1-4H3,(H,21,23)/b13-11-. The van der Waals surface area contributed by atoms with Crippen LogP contribution in [-0.2, 0) is 14.8 Å². The Morgan fingerprint density at radius 3 is 2.44 bits per heavy atom. The minimum atomic E-state index is -3.64. The molecule has 0 aliphatic heterocycles. The maximum absolute atomic E-state index is 12.4. The van der Waals surface area contributed by atoms with Crippen molar-refractivity contribution >= 4 is 38.8 Å². The number of ether oxygens (including phenoxy) is 1. The molecule has 0 fully saturated rings. The predicted molar refractivity (Wildman–Crippen MR) is 108 cm³/mol. The number of nitrogens with one attached hydrogen (secondary N) is 1. The number of allylic oxidation sites excluding steroid dienone is 1. The number of hydrogen-bond donors (Lipinski definition) is 1. The molecule has 0 radical (unpaired) electrons. The zero-order valence-corrected chi connectivity index (χ0v) is 17.1. The number of anilines is 1. The topological polar surface area (TPSA) is 75.7 Å². The first kappa shape index (κ1) is 21.0. The lowest BCUT2D eigenvalue weighted by molar-refractivity contribution is -0.111. The van der Waals surface area contributed by atoms with Gasteiger partial charge in [0.05, 0.1) is 17.7 Å². The third-order valence-electron chi connectivity index (χ3n) is 3.85. The molecule has 0 aliphatic carbocycles. The molecular formula is C19H21ClN2O4S. The van der Waals surface area contributed by atoms with E-state index < -0.39 is 15.9 Å². The molecule has 0 bridgehead atoms. The molecule has 144 valence electrons. The average molecular weight is 409 g/mol. The van der Waals surface area contributed by atoms with Gasteiger partial charge in [0.2, 0.25) is 15.9 Å². The lowest BCUT2D eigenvalue weighted by atomic mass is 10.1. The van der Waals surface area contributed by atoms with E-state index in [2.05, 4.69) is 5.32 Å². The third-order valence-corrected chi connectivity index (χ3v) is 5.99. The molecule has 0 spiro atoms. The van der Waals surface area contributed by atoms with Crippen molar-refractivity contribution in [3.05, 3.63) is 59.1 Å². The smallest absolute Gasteiger partial charge is 0.248 e. The molecule has 2 aromatic rings. The number of methoxy groups -OCH3 is 1. The van der Waals surface area contributed by atoms with Crippen LogP contribution in [0.5, 0.6) is 5.75 Å². The molecule has 0 saturated carbocycles. The summed E-state index contributed by atoms with van der Waals surface area (Å²) in [4.78, 5) is 12.5. The second-order valence-electron chi connectivity index (χ2n) is 5.95. The average Bonchev–Trinajstić information content (AvgIpc) is 2.61. The lowest BCUT2D eigenvalue weighted by Crippen LogP contribution is -2.22. The number of sulfonamides is 1. The molecule has 0 heterocycles. The number of amides is 1. The molecule has 0 unspecified atom stereocenters. The minimum absolute atomic E-state index is 0.0513. The minimum Gasteiger partial charge on any atom is -0.495 e. The first-order valence-electron chi connectivity index (χ1n) is 8.01. The fraction of sp³-hybridized carbons (Fsp3) is 0.211. The van der Waals surface area contributed by atoms with Crippen LogP contribution in [0.15, 0.2) is 53.4 Å². The number of nitrogens with zero attached hydrogens (tertiary/aromatic N) is 1. The molecule has 1 N–H and O–H groups in total. The Labute approximate surface area is 164 Å². The number of carbonyl (C=O) groups excluding carboxylic acids is 1.